The summed E-state index contributed by atoms with van der Waals surface area (Å²) in [5, 5.41) is 7.13. The average Bonchev–Trinajstić information content (AvgIpc) is 3.63. The number of amides is 1. The standard InChI is InChI=1S/C22H38N4OS/c1-2-23-22(24-15-20(16-3-4-16)17-5-6-17)25-19-9-7-18(8-10-19)21(27)26-11-13-28-14-12-26/h16-20H,2-15H2,1H3,(H2,23,24,25). The molecule has 3 aliphatic carbocycles. The number of carbonyl (C=O) groups is 1. The molecule has 4 rings (SSSR count). The third kappa shape index (κ3) is 5.58. The van der Waals surface area contributed by atoms with Crippen molar-refractivity contribution in [2.24, 2.45) is 28.7 Å². The first-order chi connectivity index (χ1) is 13.7. The van der Waals surface area contributed by atoms with Gasteiger partial charge in [-0.15, -0.1) is 0 Å². The second-order valence-electron chi connectivity index (χ2n) is 9.19. The summed E-state index contributed by atoms with van der Waals surface area (Å²) >= 11 is 1.97. The summed E-state index contributed by atoms with van der Waals surface area (Å²) < 4.78 is 0. The highest BCUT2D eigenvalue weighted by Crippen LogP contribution is 2.49. The molecule has 5 nitrogen and oxygen atoms in total. The highest BCUT2D eigenvalue weighted by atomic mass is 32.2. The topological polar surface area (TPSA) is 56.7 Å². The lowest BCUT2D eigenvalue weighted by molar-refractivity contribution is -0.136. The Hall–Kier alpha value is -0.910. The van der Waals surface area contributed by atoms with Crippen LogP contribution >= 0.6 is 11.8 Å². The van der Waals surface area contributed by atoms with E-state index in [2.05, 4.69) is 22.5 Å². The second-order valence-corrected chi connectivity index (χ2v) is 10.4. The van der Waals surface area contributed by atoms with E-state index in [1.807, 2.05) is 11.8 Å². The zero-order valence-corrected chi connectivity index (χ0v) is 18.3. The predicted octanol–water partition coefficient (Wildman–Crippen LogP) is 3.11. The van der Waals surface area contributed by atoms with Gasteiger partial charge < -0.3 is 15.5 Å². The Bertz CT molecular complexity index is 535. The summed E-state index contributed by atoms with van der Waals surface area (Å²) in [7, 11) is 0. The summed E-state index contributed by atoms with van der Waals surface area (Å²) in [6, 6.07) is 0.457. The van der Waals surface area contributed by atoms with Crippen LogP contribution in [-0.2, 0) is 4.79 Å². The average molecular weight is 407 g/mol. The summed E-state index contributed by atoms with van der Waals surface area (Å²) in [6.07, 6.45) is 9.90. The van der Waals surface area contributed by atoms with Gasteiger partial charge in [0.15, 0.2) is 5.96 Å². The highest BCUT2D eigenvalue weighted by Gasteiger charge is 2.41. The zero-order chi connectivity index (χ0) is 19.3. The molecule has 4 aliphatic rings. The van der Waals surface area contributed by atoms with Gasteiger partial charge in [0.25, 0.3) is 0 Å². The fourth-order valence-corrected chi connectivity index (χ4v) is 5.87. The fraction of sp³-hybridized carbons (Fsp3) is 0.909. The number of guanidine groups is 1. The molecule has 158 valence electrons. The third-order valence-electron chi connectivity index (χ3n) is 7.00. The van der Waals surface area contributed by atoms with Crippen molar-refractivity contribution in [3.05, 3.63) is 0 Å². The molecule has 1 aliphatic heterocycles. The molecule has 1 saturated heterocycles. The quantitative estimate of drug-likeness (QED) is 0.504. The number of nitrogens with one attached hydrogen (secondary N) is 2. The predicted molar refractivity (Wildman–Crippen MR) is 118 cm³/mol. The minimum absolute atomic E-state index is 0.245. The minimum Gasteiger partial charge on any atom is -0.357 e. The van der Waals surface area contributed by atoms with Crippen LogP contribution < -0.4 is 10.6 Å². The van der Waals surface area contributed by atoms with Crippen molar-refractivity contribution >= 4 is 23.6 Å². The number of carbonyl (C=O) groups excluding carboxylic acids is 1. The van der Waals surface area contributed by atoms with Crippen LogP contribution in [0.15, 0.2) is 4.99 Å². The van der Waals surface area contributed by atoms with Gasteiger partial charge in [-0.2, -0.15) is 11.8 Å². The molecule has 1 heterocycles. The largest absolute Gasteiger partial charge is 0.357 e. The van der Waals surface area contributed by atoms with E-state index >= 15 is 0 Å². The monoisotopic (exact) mass is 406 g/mol. The number of hydrogen-bond acceptors (Lipinski definition) is 3. The third-order valence-corrected chi connectivity index (χ3v) is 7.94. The number of thioether (sulfide) groups is 1. The molecule has 0 aromatic heterocycles. The molecule has 0 unspecified atom stereocenters. The van der Waals surface area contributed by atoms with Crippen LogP contribution in [0, 0.1) is 23.7 Å². The lowest BCUT2D eigenvalue weighted by Crippen LogP contribution is -2.47. The normalized spacial score (nSPS) is 29.1. The number of aliphatic imine (C=N–C) groups is 1. The van der Waals surface area contributed by atoms with Gasteiger partial charge in [-0.1, -0.05) is 0 Å². The van der Waals surface area contributed by atoms with Gasteiger partial charge in [-0.3, -0.25) is 9.79 Å². The van der Waals surface area contributed by atoms with E-state index < -0.39 is 0 Å². The molecule has 0 atom stereocenters. The van der Waals surface area contributed by atoms with Gasteiger partial charge in [-0.25, -0.2) is 0 Å². The maximum atomic E-state index is 12.8. The maximum absolute atomic E-state index is 12.8. The first-order valence-corrected chi connectivity index (χ1v) is 12.8. The van der Waals surface area contributed by atoms with Crippen molar-refractivity contribution in [3.8, 4) is 0 Å². The summed E-state index contributed by atoms with van der Waals surface area (Å²) in [6.45, 7) is 5.93. The van der Waals surface area contributed by atoms with Crippen molar-refractivity contribution in [1.82, 2.24) is 15.5 Å². The molecule has 0 aromatic carbocycles. The van der Waals surface area contributed by atoms with E-state index in [0.717, 1.165) is 87.1 Å². The molecular formula is C22H38N4OS. The Morgan fingerprint density at radius 2 is 1.68 bits per heavy atom. The molecule has 0 bridgehead atoms. The maximum Gasteiger partial charge on any atom is 0.225 e. The van der Waals surface area contributed by atoms with E-state index in [0.29, 0.717) is 11.9 Å². The van der Waals surface area contributed by atoms with E-state index in [9.17, 15) is 4.79 Å². The van der Waals surface area contributed by atoms with Gasteiger partial charge in [0.05, 0.1) is 0 Å². The molecule has 3 saturated carbocycles. The van der Waals surface area contributed by atoms with Crippen LogP contribution in [0.25, 0.3) is 0 Å². The Labute approximate surface area is 174 Å². The molecule has 0 radical (unpaired) electrons. The number of nitrogens with zero attached hydrogens (tertiary/aromatic N) is 2. The first-order valence-electron chi connectivity index (χ1n) is 11.7. The molecule has 6 heteroatoms. The Morgan fingerprint density at radius 1 is 1.04 bits per heavy atom. The molecule has 2 N–H and O–H groups in total. The van der Waals surface area contributed by atoms with Crippen LogP contribution in [-0.4, -0.2) is 60.5 Å². The molecule has 28 heavy (non-hydrogen) atoms. The van der Waals surface area contributed by atoms with Crippen LogP contribution in [0.5, 0.6) is 0 Å². The zero-order valence-electron chi connectivity index (χ0n) is 17.5. The van der Waals surface area contributed by atoms with Crippen molar-refractivity contribution in [1.29, 1.82) is 0 Å². The molecule has 0 aromatic rings. The molecule has 4 fully saturated rings. The van der Waals surface area contributed by atoms with Gasteiger partial charge >= 0.3 is 0 Å². The Kier molecular flexibility index (Phi) is 7.08. The molecule has 0 spiro atoms. The van der Waals surface area contributed by atoms with Crippen molar-refractivity contribution in [3.63, 3.8) is 0 Å². The van der Waals surface area contributed by atoms with E-state index in [1.165, 1.54) is 25.7 Å². The smallest absolute Gasteiger partial charge is 0.225 e. The summed E-state index contributed by atoms with van der Waals surface area (Å²) in [4.78, 5) is 19.8. The van der Waals surface area contributed by atoms with Crippen molar-refractivity contribution in [2.75, 3.05) is 37.7 Å². The van der Waals surface area contributed by atoms with Crippen LogP contribution in [0.3, 0.4) is 0 Å². The summed E-state index contributed by atoms with van der Waals surface area (Å²) in [5.74, 6) is 6.60. The highest BCUT2D eigenvalue weighted by molar-refractivity contribution is 7.99. The lowest BCUT2D eigenvalue weighted by Gasteiger charge is -2.34. The van der Waals surface area contributed by atoms with E-state index in [4.69, 9.17) is 4.99 Å². The number of hydrogen-bond donors (Lipinski definition) is 2. The molecular weight excluding hydrogens is 368 g/mol. The van der Waals surface area contributed by atoms with Gasteiger partial charge in [0.1, 0.15) is 0 Å². The number of rotatable bonds is 7. The van der Waals surface area contributed by atoms with Crippen molar-refractivity contribution in [2.45, 2.75) is 64.3 Å². The van der Waals surface area contributed by atoms with Crippen LogP contribution in [0.1, 0.15) is 58.3 Å². The van der Waals surface area contributed by atoms with Gasteiger partial charge in [-0.05, 0) is 76.0 Å². The Balaban J connectivity index is 1.24. The SMILES string of the molecule is CCNC(=NCC(C1CC1)C1CC1)NC1CCC(C(=O)N2CCSCC2)CC1. The fourth-order valence-electron chi connectivity index (χ4n) is 4.97. The summed E-state index contributed by atoms with van der Waals surface area (Å²) in [5.41, 5.74) is 0. The lowest BCUT2D eigenvalue weighted by atomic mass is 9.85. The second kappa shape index (κ2) is 9.73. The van der Waals surface area contributed by atoms with E-state index in [1.54, 1.807) is 0 Å². The van der Waals surface area contributed by atoms with Crippen molar-refractivity contribution < 1.29 is 4.79 Å². The Morgan fingerprint density at radius 3 is 2.25 bits per heavy atom. The van der Waals surface area contributed by atoms with Crippen LogP contribution in [0.4, 0.5) is 0 Å². The minimum atomic E-state index is 0.245. The van der Waals surface area contributed by atoms with Crippen LogP contribution in [0.2, 0.25) is 0 Å². The first kappa shape index (κ1) is 20.4. The van der Waals surface area contributed by atoms with Gasteiger partial charge in [0.2, 0.25) is 5.91 Å². The van der Waals surface area contributed by atoms with E-state index in [-0.39, 0.29) is 5.92 Å². The van der Waals surface area contributed by atoms with Gasteiger partial charge in [0, 0.05) is 49.6 Å². The molecule has 1 amide bonds.